The minimum absolute atomic E-state index is 0.124. The number of methoxy groups -OCH3 is 1. The van der Waals surface area contributed by atoms with Crippen molar-refractivity contribution in [2.75, 3.05) is 13.7 Å². The second-order valence-electron chi connectivity index (χ2n) is 3.20. The Morgan fingerprint density at radius 3 is 2.89 bits per heavy atom. The first-order valence-corrected chi connectivity index (χ1v) is 6.66. The van der Waals surface area contributed by atoms with Gasteiger partial charge < -0.3 is 15.2 Å². The van der Waals surface area contributed by atoms with Crippen molar-refractivity contribution in [1.82, 2.24) is 5.43 Å². The molecule has 0 aliphatic heterocycles. The van der Waals surface area contributed by atoms with Gasteiger partial charge in [0.25, 0.3) is 0 Å². The van der Waals surface area contributed by atoms with Crippen LogP contribution in [0, 0.1) is 3.57 Å². The molecule has 0 fully saturated rings. The largest absolute Gasteiger partial charge is 0.493 e. The van der Waals surface area contributed by atoms with E-state index in [-0.39, 0.29) is 5.11 Å². The van der Waals surface area contributed by atoms with Gasteiger partial charge in [-0.15, -0.1) is 0 Å². The summed E-state index contributed by atoms with van der Waals surface area (Å²) < 4.78 is 11.8. The van der Waals surface area contributed by atoms with E-state index >= 15 is 0 Å². The molecule has 0 aliphatic rings. The lowest BCUT2D eigenvalue weighted by molar-refractivity contribution is 0.308. The van der Waals surface area contributed by atoms with Crippen molar-refractivity contribution in [3.63, 3.8) is 0 Å². The molecular formula is C11H14IN3O2S. The van der Waals surface area contributed by atoms with Crippen LogP contribution in [0.15, 0.2) is 17.2 Å². The van der Waals surface area contributed by atoms with Gasteiger partial charge in [0.1, 0.15) is 0 Å². The molecule has 0 amide bonds. The first-order valence-electron chi connectivity index (χ1n) is 5.17. The van der Waals surface area contributed by atoms with Crippen molar-refractivity contribution in [2.45, 2.75) is 6.92 Å². The topological polar surface area (TPSA) is 68.9 Å². The van der Waals surface area contributed by atoms with Crippen LogP contribution in [0.4, 0.5) is 0 Å². The van der Waals surface area contributed by atoms with E-state index in [9.17, 15) is 0 Å². The van der Waals surface area contributed by atoms with Crippen molar-refractivity contribution in [2.24, 2.45) is 10.8 Å². The van der Waals surface area contributed by atoms with Gasteiger partial charge in [-0.25, -0.2) is 0 Å². The van der Waals surface area contributed by atoms with Crippen LogP contribution in [-0.4, -0.2) is 25.0 Å². The number of nitrogens with one attached hydrogen (secondary N) is 1. The van der Waals surface area contributed by atoms with E-state index in [0.717, 1.165) is 14.9 Å². The molecule has 0 heterocycles. The van der Waals surface area contributed by atoms with Crippen LogP contribution in [0.2, 0.25) is 0 Å². The Kier molecular flexibility index (Phi) is 6.13. The number of nitrogens with zero attached hydrogens (tertiary/aromatic N) is 1. The highest BCUT2D eigenvalue weighted by Gasteiger charge is 2.10. The zero-order valence-electron chi connectivity index (χ0n) is 10.1. The maximum Gasteiger partial charge on any atom is 0.184 e. The number of rotatable bonds is 5. The molecule has 7 heteroatoms. The standard InChI is InChI=1S/C11H14IN3O2S/c1-3-17-10-8(12)4-7(5-9(10)16-2)6-14-15-11(13)18/h4-6H,3H2,1-2H3,(H3,13,15,18). The fourth-order valence-corrected chi connectivity index (χ4v) is 2.10. The molecule has 0 saturated carbocycles. The van der Waals surface area contributed by atoms with Crippen molar-refractivity contribution in [3.8, 4) is 11.5 Å². The minimum atomic E-state index is 0.124. The molecule has 0 bridgehead atoms. The van der Waals surface area contributed by atoms with Gasteiger partial charge in [0, 0.05) is 0 Å². The molecular weight excluding hydrogens is 365 g/mol. The predicted molar refractivity (Wildman–Crippen MR) is 84.4 cm³/mol. The lowest BCUT2D eigenvalue weighted by Gasteiger charge is -2.11. The summed E-state index contributed by atoms with van der Waals surface area (Å²) in [5, 5.41) is 4.02. The minimum Gasteiger partial charge on any atom is -0.493 e. The van der Waals surface area contributed by atoms with Gasteiger partial charge in [0.2, 0.25) is 0 Å². The molecule has 1 rings (SSSR count). The van der Waals surface area contributed by atoms with E-state index in [0.29, 0.717) is 12.4 Å². The number of benzene rings is 1. The molecule has 98 valence electrons. The Hall–Kier alpha value is -1.09. The third-order valence-corrected chi connectivity index (χ3v) is 2.82. The fourth-order valence-electron chi connectivity index (χ4n) is 1.27. The number of nitrogens with two attached hydrogens (primary N) is 1. The summed E-state index contributed by atoms with van der Waals surface area (Å²) in [6.07, 6.45) is 1.61. The molecule has 0 aliphatic carbocycles. The average molecular weight is 379 g/mol. The van der Waals surface area contributed by atoms with Crippen LogP contribution < -0.4 is 20.6 Å². The van der Waals surface area contributed by atoms with Crippen molar-refractivity contribution in [3.05, 3.63) is 21.3 Å². The van der Waals surface area contributed by atoms with Gasteiger partial charge in [-0.1, -0.05) is 0 Å². The quantitative estimate of drug-likeness (QED) is 0.354. The predicted octanol–water partition coefficient (Wildman–Crippen LogP) is 1.87. The van der Waals surface area contributed by atoms with E-state index in [1.165, 1.54) is 0 Å². The highest BCUT2D eigenvalue weighted by molar-refractivity contribution is 14.1. The lowest BCUT2D eigenvalue weighted by Crippen LogP contribution is -2.24. The van der Waals surface area contributed by atoms with Crippen molar-refractivity contribution in [1.29, 1.82) is 0 Å². The zero-order chi connectivity index (χ0) is 13.5. The molecule has 0 radical (unpaired) electrons. The second kappa shape index (κ2) is 7.37. The van der Waals surface area contributed by atoms with E-state index in [1.54, 1.807) is 13.3 Å². The Morgan fingerprint density at radius 2 is 2.33 bits per heavy atom. The van der Waals surface area contributed by atoms with Gasteiger partial charge in [0.15, 0.2) is 16.6 Å². The smallest absolute Gasteiger partial charge is 0.184 e. The summed E-state index contributed by atoms with van der Waals surface area (Å²) in [7, 11) is 1.60. The van der Waals surface area contributed by atoms with Crippen LogP contribution in [0.3, 0.4) is 0 Å². The number of hydrogen-bond acceptors (Lipinski definition) is 4. The molecule has 1 aromatic rings. The fraction of sp³-hybridized carbons (Fsp3) is 0.273. The summed E-state index contributed by atoms with van der Waals surface area (Å²) in [6, 6.07) is 3.76. The third-order valence-electron chi connectivity index (χ3n) is 1.93. The first kappa shape index (κ1) is 15.0. The van der Waals surface area contributed by atoms with Crippen LogP contribution in [0.25, 0.3) is 0 Å². The highest BCUT2D eigenvalue weighted by Crippen LogP contribution is 2.33. The molecule has 0 atom stereocenters. The van der Waals surface area contributed by atoms with Crippen molar-refractivity contribution < 1.29 is 9.47 Å². The molecule has 0 spiro atoms. The molecule has 5 nitrogen and oxygen atoms in total. The Morgan fingerprint density at radius 1 is 1.61 bits per heavy atom. The number of ether oxygens (including phenoxy) is 2. The van der Waals surface area contributed by atoms with Crippen LogP contribution in [-0.2, 0) is 0 Å². The first-order chi connectivity index (χ1) is 8.58. The second-order valence-corrected chi connectivity index (χ2v) is 4.80. The zero-order valence-corrected chi connectivity index (χ0v) is 13.0. The van der Waals surface area contributed by atoms with E-state index < -0.39 is 0 Å². The number of halogens is 1. The summed E-state index contributed by atoms with van der Waals surface area (Å²) >= 11 is 6.83. The Bertz CT molecular complexity index is 466. The summed E-state index contributed by atoms with van der Waals surface area (Å²) in [5.41, 5.74) is 8.63. The van der Waals surface area contributed by atoms with Gasteiger partial charge in [-0.2, -0.15) is 5.10 Å². The van der Waals surface area contributed by atoms with Gasteiger partial charge in [0.05, 0.1) is 23.5 Å². The SMILES string of the molecule is CCOc1c(I)cc(C=NNC(N)=S)cc1OC. The van der Waals surface area contributed by atoms with Crippen LogP contribution >= 0.6 is 34.8 Å². The third kappa shape index (κ3) is 4.30. The van der Waals surface area contributed by atoms with E-state index in [1.807, 2.05) is 19.1 Å². The highest BCUT2D eigenvalue weighted by atomic mass is 127. The monoisotopic (exact) mass is 379 g/mol. The molecule has 0 saturated heterocycles. The molecule has 0 unspecified atom stereocenters. The summed E-state index contributed by atoms with van der Waals surface area (Å²) in [5.74, 6) is 1.40. The van der Waals surface area contributed by atoms with E-state index in [4.69, 9.17) is 15.2 Å². The van der Waals surface area contributed by atoms with Gasteiger partial charge in [-0.3, -0.25) is 5.43 Å². The normalized spacial score (nSPS) is 10.4. The van der Waals surface area contributed by atoms with Gasteiger partial charge in [-0.05, 0) is 59.4 Å². The maximum atomic E-state index is 5.52. The molecule has 3 N–H and O–H groups in total. The number of hydrogen-bond donors (Lipinski definition) is 2. The number of hydrazone groups is 1. The Labute approximate surface area is 125 Å². The maximum absolute atomic E-state index is 5.52. The lowest BCUT2D eigenvalue weighted by atomic mass is 10.2. The van der Waals surface area contributed by atoms with Crippen LogP contribution in [0.5, 0.6) is 11.5 Å². The van der Waals surface area contributed by atoms with E-state index in [2.05, 4.69) is 45.3 Å². The molecule has 0 aromatic heterocycles. The summed E-state index contributed by atoms with van der Waals surface area (Å²) in [6.45, 7) is 2.51. The number of thiocarbonyl (C=S) groups is 1. The average Bonchev–Trinajstić information content (AvgIpc) is 2.31. The molecule has 1 aromatic carbocycles. The van der Waals surface area contributed by atoms with Gasteiger partial charge >= 0.3 is 0 Å². The molecule has 18 heavy (non-hydrogen) atoms. The van der Waals surface area contributed by atoms with Crippen LogP contribution in [0.1, 0.15) is 12.5 Å². The Balaban J connectivity index is 2.99. The summed E-state index contributed by atoms with van der Waals surface area (Å²) in [4.78, 5) is 0. The van der Waals surface area contributed by atoms with Crippen molar-refractivity contribution >= 4 is 46.1 Å².